The molecule has 0 saturated carbocycles. The first-order valence-corrected chi connectivity index (χ1v) is 6.04. The minimum absolute atomic E-state index is 0.120. The van der Waals surface area contributed by atoms with E-state index in [1.54, 1.807) is 11.0 Å². The van der Waals surface area contributed by atoms with Crippen LogP contribution in [0.1, 0.15) is 18.4 Å². The molecule has 1 aromatic carbocycles. The fourth-order valence-electron chi connectivity index (χ4n) is 2.35. The second kappa shape index (κ2) is 5.18. The van der Waals surface area contributed by atoms with Gasteiger partial charge >= 0.3 is 6.18 Å². The van der Waals surface area contributed by atoms with Crippen molar-refractivity contribution in [1.82, 2.24) is 0 Å². The van der Waals surface area contributed by atoms with E-state index >= 15 is 0 Å². The number of piperidine rings is 1. The lowest BCUT2D eigenvalue weighted by Gasteiger charge is -2.34. The van der Waals surface area contributed by atoms with Gasteiger partial charge in [0.05, 0.1) is 5.56 Å². The van der Waals surface area contributed by atoms with Crippen molar-refractivity contribution < 1.29 is 18.3 Å². The highest BCUT2D eigenvalue weighted by atomic mass is 19.4. The highest BCUT2D eigenvalue weighted by molar-refractivity contribution is 5.55. The monoisotopic (exact) mass is 259 g/mol. The maximum absolute atomic E-state index is 12.9. The molecule has 2 nitrogen and oxygen atoms in total. The largest absolute Gasteiger partial charge is 0.418 e. The van der Waals surface area contributed by atoms with Crippen LogP contribution >= 0.6 is 0 Å². The zero-order valence-electron chi connectivity index (χ0n) is 9.95. The molecule has 0 spiro atoms. The molecule has 1 aromatic rings. The van der Waals surface area contributed by atoms with Gasteiger partial charge in [0.25, 0.3) is 0 Å². The van der Waals surface area contributed by atoms with E-state index in [-0.39, 0.29) is 18.2 Å². The van der Waals surface area contributed by atoms with E-state index in [1.807, 2.05) is 0 Å². The third-order valence-corrected chi connectivity index (χ3v) is 3.42. The van der Waals surface area contributed by atoms with Crippen LogP contribution in [-0.2, 0) is 6.18 Å². The third kappa shape index (κ3) is 2.77. The Kier molecular flexibility index (Phi) is 3.80. The molecular weight excluding hydrogens is 243 g/mol. The number of alkyl halides is 3. The van der Waals surface area contributed by atoms with Crippen LogP contribution in [-0.4, -0.2) is 24.8 Å². The predicted molar refractivity (Wildman–Crippen MR) is 63.5 cm³/mol. The second-order valence-electron chi connectivity index (χ2n) is 4.63. The number of aliphatic hydroxyl groups excluding tert-OH is 1. The Labute approximate surface area is 104 Å². The molecular formula is C13H16F3NO. The molecule has 18 heavy (non-hydrogen) atoms. The van der Waals surface area contributed by atoms with Crippen molar-refractivity contribution in [3.63, 3.8) is 0 Å². The fraction of sp³-hybridized carbons (Fsp3) is 0.538. The second-order valence-corrected chi connectivity index (χ2v) is 4.63. The summed E-state index contributed by atoms with van der Waals surface area (Å²) in [6.45, 7) is 1.26. The first-order chi connectivity index (χ1) is 8.52. The Morgan fingerprint density at radius 2 is 1.78 bits per heavy atom. The van der Waals surface area contributed by atoms with E-state index in [0.29, 0.717) is 13.1 Å². The number of hydrogen-bond acceptors (Lipinski definition) is 2. The third-order valence-electron chi connectivity index (χ3n) is 3.42. The van der Waals surface area contributed by atoms with Gasteiger partial charge in [-0.3, -0.25) is 0 Å². The molecule has 1 N–H and O–H groups in total. The van der Waals surface area contributed by atoms with Gasteiger partial charge < -0.3 is 10.0 Å². The number of hydrogen-bond donors (Lipinski definition) is 1. The van der Waals surface area contributed by atoms with E-state index in [0.717, 1.165) is 18.9 Å². The summed E-state index contributed by atoms with van der Waals surface area (Å²) in [5, 5.41) is 9.03. The number of halogens is 3. The summed E-state index contributed by atoms with van der Waals surface area (Å²) in [5.74, 6) is 0.222. The van der Waals surface area contributed by atoms with Gasteiger partial charge in [-0.05, 0) is 30.9 Å². The summed E-state index contributed by atoms with van der Waals surface area (Å²) in [6, 6.07) is 5.67. The first kappa shape index (κ1) is 13.2. The molecule has 1 aliphatic rings. The summed E-state index contributed by atoms with van der Waals surface area (Å²) in [7, 11) is 0. The summed E-state index contributed by atoms with van der Waals surface area (Å²) in [6.07, 6.45) is -2.84. The predicted octanol–water partition coefficient (Wildman–Crippen LogP) is 2.91. The zero-order chi connectivity index (χ0) is 13.2. The van der Waals surface area contributed by atoms with Crippen LogP contribution in [0.3, 0.4) is 0 Å². The maximum atomic E-state index is 12.9. The smallest absolute Gasteiger partial charge is 0.396 e. The van der Waals surface area contributed by atoms with Crippen LogP contribution in [0.5, 0.6) is 0 Å². The van der Waals surface area contributed by atoms with Crippen LogP contribution < -0.4 is 4.90 Å². The minimum atomic E-state index is -4.32. The molecule has 1 aliphatic heterocycles. The van der Waals surface area contributed by atoms with Gasteiger partial charge in [-0.25, -0.2) is 0 Å². The lowest BCUT2D eigenvalue weighted by atomic mass is 9.97. The fourth-order valence-corrected chi connectivity index (χ4v) is 2.35. The lowest BCUT2D eigenvalue weighted by molar-refractivity contribution is -0.137. The van der Waals surface area contributed by atoms with Crippen LogP contribution in [0.15, 0.2) is 24.3 Å². The van der Waals surface area contributed by atoms with Gasteiger partial charge in [0.2, 0.25) is 0 Å². The molecule has 0 atom stereocenters. The van der Waals surface area contributed by atoms with Crippen molar-refractivity contribution in [1.29, 1.82) is 0 Å². The van der Waals surface area contributed by atoms with E-state index in [1.165, 1.54) is 12.1 Å². The SMILES string of the molecule is OCC1CCN(c2ccccc2C(F)(F)F)CC1. The van der Waals surface area contributed by atoms with Gasteiger partial charge in [-0.15, -0.1) is 0 Å². The molecule has 0 unspecified atom stereocenters. The van der Waals surface area contributed by atoms with E-state index in [4.69, 9.17) is 5.11 Å². The summed E-state index contributed by atoms with van der Waals surface area (Å²) in [4.78, 5) is 1.76. The number of nitrogens with zero attached hydrogens (tertiary/aromatic N) is 1. The Hall–Kier alpha value is -1.23. The topological polar surface area (TPSA) is 23.5 Å². The van der Waals surface area contributed by atoms with Gasteiger partial charge in [-0.1, -0.05) is 12.1 Å². The number of para-hydroxylation sites is 1. The van der Waals surface area contributed by atoms with Crippen molar-refractivity contribution in [2.24, 2.45) is 5.92 Å². The quantitative estimate of drug-likeness (QED) is 0.882. The minimum Gasteiger partial charge on any atom is -0.396 e. The number of benzene rings is 1. The first-order valence-electron chi connectivity index (χ1n) is 6.04. The number of aliphatic hydroxyl groups is 1. The molecule has 1 heterocycles. The van der Waals surface area contributed by atoms with Crippen molar-refractivity contribution in [3.05, 3.63) is 29.8 Å². The Morgan fingerprint density at radius 1 is 1.17 bits per heavy atom. The number of anilines is 1. The Balaban J connectivity index is 2.19. The van der Waals surface area contributed by atoms with Crippen LogP contribution in [0.25, 0.3) is 0 Å². The van der Waals surface area contributed by atoms with Gasteiger partial charge in [0, 0.05) is 25.4 Å². The average molecular weight is 259 g/mol. The normalized spacial score (nSPS) is 18.1. The Morgan fingerprint density at radius 3 is 2.33 bits per heavy atom. The maximum Gasteiger partial charge on any atom is 0.418 e. The molecule has 2 rings (SSSR count). The van der Waals surface area contributed by atoms with Crippen LogP contribution in [0, 0.1) is 5.92 Å². The molecule has 0 radical (unpaired) electrons. The van der Waals surface area contributed by atoms with E-state index in [2.05, 4.69) is 0 Å². The summed E-state index contributed by atoms with van der Waals surface area (Å²) >= 11 is 0. The average Bonchev–Trinajstić information content (AvgIpc) is 2.38. The van der Waals surface area contributed by atoms with Crippen molar-refractivity contribution in [2.45, 2.75) is 19.0 Å². The highest BCUT2D eigenvalue weighted by Crippen LogP contribution is 2.37. The Bertz CT molecular complexity index is 397. The van der Waals surface area contributed by atoms with Gasteiger partial charge in [0.1, 0.15) is 0 Å². The molecule has 0 aliphatic carbocycles. The van der Waals surface area contributed by atoms with Crippen molar-refractivity contribution >= 4 is 5.69 Å². The van der Waals surface area contributed by atoms with Gasteiger partial charge in [0.15, 0.2) is 0 Å². The standard InChI is InChI=1S/C13H16F3NO/c14-13(15,16)11-3-1-2-4-12(11)17-7-5-10(9-18)6-8-17/h1-4,10,18H,5-9H2. The van der Waals surface area contributed by atoms with E-state index in [9.17, 15) is 13.2 Å². The molecule has 0 aromatic heterocycles. The zero-order valence-corrected chi connectivity index (χ0v) is 9.95. The molecule has 100 valence electrons. The molecule has 0 amide bonds. The highest BCUT2D eigenvalue weighted by Gasteiger charge is 2.35. The summed E-state index contributed by atoms with van der Waals surface area (Å²) in [5.41, 5.74) is -0.325. The van der Waals surface area contributed by atoms with Crippen LogP contribution in [0.2, 0.25) is 0 Å². The molecule has 5 heteroatoms. The van der Waals surface area contributed by atoms with Crippen molar-refractivity contribution in [2.75, 3.05) is 24.6 Å². The molecule has 1 saturated heterocycles. The van der Waals surface area contributed by atoms with Crippen molar-refractivity contribution in [3.8, 4) is 0 Å². The number of rotatable bonds is 2. The molecule has 1 fully saturated rings. The van der Waals surface area contributed by atoms with Gasteiger partial charge in [-0.2, -0.15) is 13.2 Å². The lowest BCUT2D eigenvalue weighted by Crippen LogP contribution is -2.35. The van der Waals surface area contributed by atoms with Crippen LogP contribution in [0.4, 0.5) is 18.9 Å². The molecule has 0 bridgehead atoms. The summed E-state index contributed by atoms with van der Waals surface area (Å²) < 4.78 is 38.6. The van der Waals surface area contributed by atoms with E-state index < -0.39 is 11.7 Å².